The van der Waals surface area contributed by atoms with E-state index < -0.39 is 12.1 Å². The number of hydrogen-bond acceptors (Lipinski definition) is 3. The summed E-state index contributed by atoms with van der Waals surface area (Å²) < 4.78 is 0. The largest absolute Gasteiger partial charge is 0.391 e. The van der Waals surface area contributed by atoms with Crippen LogP contribution < -0.4 is 5.32 Å². The number of unbranched alkanes of at least 4 members (excludes halogenated alkanes) is 6. The van der Waals surface area contributed by atoms with Gasteiger partial charge in [0.05, 0.1) is 6.10 Å². The van der Waals surface area contributed by atoms with Crippen LogP contribution >= 0.6 is 0 Å². The summed E-state index contributed by atoms with van der Waals surface area (Å²) in [6, 6.07) is -0.821. The molecule has 0 unspecified atom stereocenters. The van der Waals surface area contributed by atoms with Crippen molar-refractivity contribution in [1.82, 2.24) is 5.32 Å². The predicted molar refractivity (Wildman–Crippen MR) is 95.2 cm³/mol. The van der Waals surface area contributed by atoms with Gasteiger partial charge in [0.15, 0.2) is 5.78 Å². The number of ketones is 1. The number of aliphatic hydroxyl groups excluding tert-OH is 1. The normalized spacial score (nSPS) is 14.3. The molecule has 0 aliphatic heterocycles. The van der Waals surface area contributed by atoms with Crippen molar-refractivity contribution in [3.63, 3.8) is 0 Å². The van der Waals surface area contributed by atoms with Gasteiger partial charge in [0.1, 0.15) is 6.04 Å². The second-order valence-corrected chi connectivity index (χ2v) is 5.95. The maximum atomic E-state index is 12.2. The molecule has 0 saturated carbocycles. The Morgan fingerprint density at radius 2 is 1.65 bits per heavy atom. The molecule has 0 rings (SSSR count). The summed E-state index contributed by atoms with van der Waals surface area (Å²) in [5.74, 6) is -0.455. The Morgan fingerprint density at radius 3 is 2.22 bits per heavy atom. The molecule has 0 aromatic heterocycles. The molecule has 0 aromatic carbocycles. The Bertz CT molecular complexity index is 386. The second kappa shape index (κ2) is 14.2. The molecule has 0 aliphatic rings. The van der Waals surface area contributed by atoms with Gasteiger partial charge in [-0.05, 0) is 20.3 Å². The molecule has 0 bridgehead atoms. The zero-order chi connectivity index (χ0) is 17.5. The van der Waals surface area contributed by atoms with Gasteiger partial charge in [-0.3, -0.25) is 9.59 Å². The fourth-order valence-corrected chi connectivity index (χ4v) is 2.34. The molecule has 132 valence electrons. The summed E-state index contributed by atoms with van der Waals surface area (Å²) in [5, 5.41) is 12.3. The smallest absolute Gasteiger partial charge is 0.244 e. The van der Waals surface area contributed by atoms with E-state index >= 15 is 0 Å². The molecule has 0 aliphatic carbocycles. The van der Waals surface area contributed by atoms with Gasteiger partial charge in [-0.2, -0.15) is 0 Å². The van der Waals surface area contributed by atoms with Crippen LogP contribution in [0, 0.1) is 0 Å². The third kappa shape index (κ3) is 11.8. The highest BCUT2D eigenvalue weighted by molar-refractivity contribution is 5.94. The third-order valence-electron chi connectivity index (χ3n) is 3.70. The Hall–Kier alpha value is -1.42. The van der Waals surface area contributed by atoms with E-state index in [9.17, 15) is 14.7 Å². The molecule has 4 heteroatoms. The van der Waals surface area contributed by atoms with Crippen LogP contribution in [0.4, 0.5) is 0 Å². The van der Waals surface area contributed by atoms with Crippen molar-refractivity contribution in [3.05, 3.63) is 24.3 Å². The topological polar surface area (TPSA) is 66.4 Å². The number of carbonyl (C=O) groups is 2. The van der Waals surface area contributed by atoms with Crippen LogP contribution in [0.25, 0.3) is 0 Å². The molecular formula is C19H33NO3. The van der Waals surface area contributed by atoms with Gasteiger partial charge in [-0.1, -0.05) is 63.7 Å². The Labute approximate surface area is 141 Å². The van der Waals surface area contributed by atoms with E-state index in [1.165, 1.54) is 38.7 Å². The van der Waals surface area contributed by atoms with Crippen LogP contribution in [-0.2, 0) is 9.59 Å². The molecule has 0 radical (unpaired) electrons. The van der Waals surface area contributed by atoms with Gasteiger partial charge in [-0.15, -0.1) is 0 Å². The summed E-state index contributed by atoms with van der Waals surface area (Å²) in [4.78, 5) is 23.9. The molecule has 2 N–H and O–H groups in total. The molecule has 0 heterocycles. The molecule has 0 spiro atoms. The van der Waals surface area contributed by atoms with Crippen molar-refractivity contribution < 1.29 is 14.7 Å². The fraction of sp³-hybridized carbons (Fsp3) is 0.684. The highest BCUT2D eigenvalue weighted by atomic mass is 16.3. The molecule has 2 atom stereocenters. The SMILES string of the molecule is C/C=C/C=C/C(=O)N[C@H](C(=O)CCCCCCCCC)[C@@H](C)O. The van der Waals surface area contributed by atoms with Gasteiger partial charge in [0.2, 0.25) is 5.91 Å². The highest BCUT2D eigenvalue weighted by Crippen LogP contribution is 2.10. The average Bonchev–Trinajstić information content (AvgIpc) is 2.51. The number of hydrogen-bond donors (Lipinski definition) is 2. The van der Waals surface area contributed by atoms with E-state index in [1.54, 1.807) is 12.2 Å². The number of aliphatic hydroxyl groups is 1. The number of Topliss-reactive ketones (excluding diaryl/α,β-unsaturated/α-hetero) is 1. The zero-order valence-electron chi connectivity index (χ0n) is 14.9. The van der Waals surface area contributed by atoms with Crippen LogP contribution in [-0.4, -0.2) is 28.9 Å². The fourth-order valence-electron chi connectivity index (χ4n) is 2.34. The minimum atomic E-state index is -0.883. The van der Waals surface area contributed by atoms with Crippen LogP contribution in [0.15, 0.2) is 24.3 Å². The van der Waals surface area contributed by atoms with E-state index in [0.29, 0.717) is 6.42 Å². The Morgan fingerprint density at radius 1 is 1.04 bits per heavy atom. The van der Waals surface area contributed by atoms with E-state index in [4.69, 9.17) is 0 Å². The first-order valence-corrected chi connectivity index (χ1v) is 8.83. The van der Waals surface area contributed by atoms with Crippen molar-refractivity contribution in [1.29, 1.82) is 0 Å². The number of rotatable bonds is 13. The maximum absolute atomic E-state index is 12.2. The van der Waals surface area contributed by atoms with Crippen molar-refractivity contribution >= 4 is 11.7 Å². The van der Waals surface area contributed by atoms with Crippen molar-refractivity contribution in [3.8, 4) is 0 Å². The average molecular weight is 323 g/mol. The first-order valence-electron chi connectivity index (χ1n) is 8.83. The van der Waals surface area contributed by atoms with E-state index in [1.807, 2.05) is 13.0 Å². The molecule has 23 heavy (non-hydrogen) atoms. The van der Waals surface area contributed by atoms with E-state index in [0.717, 1.165) is 19.3 Å². The lowest BCUT2D eigenvalue weighted by molar-refractivity contribution is -0.128. The monoisotopic (exact) mass is 323 g/mol. The lowest BCUT2D eigenvalue weighted by atomic mass is 10.0. The minimum absolute atomic E-state index is 0.0960. The zero-order valence-corrected chi connectivity index (χ0v) is 14.9. The van der Waals surface area contributed by atoms with Crippen LogP contribution in [0.2, 0.25) is 0 Å². The number of carbonyl (C=O) groups excluding carboxylic acids is 2. The molecule has 0 aromatic rings. The standard InChI is InChI=1S/C19H33NO3/c1-4-6-8-9-10-11-13-14-17(22)19(16(3)21)20-18(23)15-12-7-5-2/h5,7,12,15-16,19,21H,4,6,8-11,13-14H2,1-3H3,(H,20,23)/b7-5+,15-12+/t16-,19+/m1/s1. The van der Waals surface area contributed by atoms with Gasteiger partial charge in [0, 0.05) is 12.5 Å². The van der Waals surface area contributed by atoms with Crippen LogP contribution in [0.3, 0.4) is 0 Å². The number of amides is 1. The van der Waals surface area contributed by atoms with Crippen molar-refractivity contribution in [2.75, 3.05) is 0 Å². The number of allylic oxidation sites excluding steroid dienone is 3. The molecule has 4 nitrogen and oxygen atoms in total. The van der Waals surface area contributed by atoms with E-state index in [-0.39, 0.29) is 11.7 Å². The summed E-state index contributed by atoms with van der Waals surface area (Å²) >= 11 is 0. The van der Waals surface area contributed by atoms with Crippen LogP contribution in [0.1, 0.15) is 72.1 Å². The van der Waals surface area contributed by atoms with Gasteiger partial charge >= 0.3 is 0 Å². The first kappa shape index (κ1) is 21.6. The highest BCUT2D eigenvalue weighted by Gasteiger charge is 2.23. The van der Waals surface area contributed by atoms with E-state index in [2.05, 4.69) is 12.2 Å². The summed E-state index contributed by atoms with van der Waals surface area (Å²) in [6.07, 6.45) is 14.0. The van der Waals surface area contributed by atoms with Crippen molar-refractivity contribution in [2.45, 2.75) is 84.3 Å². The van der Waals surface area contributed by atoms with Gasteiger partial charge in [-0.25, -0.2) is 0 Å². The third-order valence-corrected chi connectivity index (χ3v) is 3.70. The lowest BCUT2D eigenvalue weighted by Crippen LogP contribution is -2.47. The van der Waals surface area contributed by atoms with Gasteiger partial charge in [0.25, 0.3) is 0 Å². The Kier molecular flexibility index (Phi) is 13.3. The molecule has 0 fully saturated rings. The minimum Gasteiger partial charge on any atom is -0.391 e. The first-order chi connectivity index (χ1) is 11.0. The summed E-state index contributed by atoms with van der Waals surface area (Å²) in [7, 11) is 0. The predicted octanol–water partition coefficient (Wildman–Crippen LogP) is 3.69. The molecule has 1 amide bonds. The maximum Gasteiger partial charge on any atom is 0.244 e. The summed E-state index contributed by atoms with van der Waals surface area (Å²) in [6.45, 7) is 5.58. The van der Waals surface area contributed by atoms with Gasteiger partial charge < -0.3 is 10.4 Å². The Balaban J connectivity index is 4.13. The lowest BCUT2D eigenvalue weighted by Gasteiger charge is -2.19. The quantitative estimate of drug-likeness (QED) is 0.308. The van der Waals surface area contributed by atoms with Crippen LogP contribution in [0.5, 0.6) is 0 Å². The van der Waals surface area contributed by atoms with Crippen molar-refractivity contribution in [2.24, 2.45) is 0 Å². The second-order valence-electron chi connectivity index (χ2n) is 5.95. The molecule has 0 saturated heterocycles. The summed E-state index contributed by atoms with van der Waals surface area (Å²) in [5.41, 5.74) is 0. The number of nitrogens with one attached hydrogen (secondary N) is 1. The molecular weight excluding hydrogens is 290 g/mol.